The number of nitriles is 1. The fourth-order valence-electron chi connectivity index (χ4n) is 1.98. The fourth-order valence-corrected chi connectivity index (χ4v) is 2.57. The summed E-state index contributed by atoms with van der Waals surface area (Å²) in [6.45, 7) is 0. The maximum Gasteiger partial charge on any atom is 0.138 e. The molecule has 3 rings (SSSR count). The van der Waals surface area contributed by atoms with Gasteiger partial charge in [0.25, 0.3) is 0 Å². The summed E-state index contributed by atoms with van der Waals surface area (Å²) in [5, 5.41) is 11.1. The topological polar surface area (TPSA) is 36.9 Å². The van der Waals surface area contributed by atoms with Crippen molar-refractivity contribution in [3.05, 3.63) is 51.5 Å². The lowest BCUT2D eigenvalue weighted by atomic mass is 10.1. The second kappa shape index (κ2) is 4.09. The van der Waals surface area contributed by atoms with Gasteiger partial charge < -0.3 is 4.42 Å². The van der Waals surface area contributed by atoms with E-state index in [2.05, 4.69) is 6.07 Å². The standard InChI is InChI=1S/C14H6ClNOS/c15-9-5-8(7-16)13-12(6-9)17-11-4-2-1-3-10(11)14(13)18/h1-6H. The molecule has 0 saturated heterocycles. The number of fused-ring (bicyclic) bond motifs is 2. The van der Waals surface area contributed by atoms with E-state index in [-0.39, 0.29) is 0 Å². The van der Waals surface area contributed by atoms with Crippen LogP contribution in [0.5, 0.6) is 0 Å². The molecule has 0 fully saturated rings. The second-order valence-corrected chi connectivity index (χ2v) is 4.71. The lowest BCUT2D eigenvalue weighted by Crippen LogP contribution is -1.84. The smallest absolute Gasteiger partial charge is 0.138 e. The molecule has 2 nitrogen and oxygen atoms in total. The number of halogens is 1. The van der Waals surface area contributed by atoms with Crippen LogP contribution in [0.25, 0.3) is 21.9 Å². The number of benzene rings is 2. The van der Waals surface area contributed by atoms with Crippen molar-refractivity contribution in [3.63, 3.8) is 0 Å². The van der Waals surface area contributed by atoms with Crippen molar-refractivity contribution < 1.29 is 4.42 Å². The molecule has 3 aromatic rings. The van der Waals surface area contributed by atoms with Gasteiger partial charge in [0.2, 0.25) is 0 Å². The first-order valence-corrected chi connectivity index (χ1v) is 6.04. The van der Waals surface area contributed by atoms with Crippen molar-refractivity contribution in [2.45, 2.75) is 0 Å². The molecule has 18 heavy (non-hydrogen) atoms. The zero-order valence-corrected chi connectivity index (χ0v) is 10.7. The first-order chi connectivity index (χ1) is 8.70. The van der Waals surface area contributed by atoms with Gasteiger partial charge in [0.05, 0.1) is 21.5 Å². The highest BCUT2D eigenvalue weighted by Gasteiger charge is 2.10. The minimum absolute atomic E-state index is 0.442. The van der Waals surface area contributed by atoms with Crippen LogP contribution in [0.2, 0.25) is 5.02 Å². The molecular weight excluding hydrogens is 266 g/mol. The molecule has 0 amide bonds. The van der Waals surface area contributed by atoms with Crippen LogP contribution in [0.15, 0.2) is 40.8 Å². The van der Waals surface area contributed by atoms with Gasteiger partial charge in [0.1, 0.15) is 11.2 Å². The number of rotatable bonds is 0. The van der Waals surface area contributed by atoms with Crippen LogP contribution < -0.4 is 0 Å². The van der Waals surface area contributed by atoms with Crippen LogP contribution in [-0.2, 0) is 0 Å². The normalized spacial score (nSPS) is 10.7. The molecule has 0 atom stereocenters. The molecule has 0 radical (unpaired) electrons. The highest BCUT2D eigenvalue weighted by atomic mass is 35.5. The monoisotopic (exact) mass is 271 g/mol. The lowest BCUT2D eigenvalue weighted by Gasteiger charge is -2.04. The van der Waals surface area contributed by atoms with E-state index >= 15 is 0 Å². The summed E-state index contributed by atoms with van der Waals surface area (Å²) in [7, 11) is 0. The Balaban J connectivity index is 2.66. The minimum Gasteiger partial charge on any atom is -0.456 e. The molecule has 0 unspecified atom stereocenters. The molecule has 4 heteroatoms. The quantitative estimate of drug-likeness (QED) is 0.434. The average Bonchev–Trinajstić information content (AvgIpc) is 2.37. The maximum atomic E-state index is 9.16. The van der Waals surface area contributed by atoms with Gasteiger partial charge in [-0.15, -0.1) is 0 Å². The van der Waals surface area contributed by atoms with Crippen LogP contribution in [0.4, 0.5) is 0 Å². The molecule has 0 spiro atoms. The Bertz CT molecular complexity index is 876. The van der Waals surface area contributed by atoms with Crippen molar-refractivity contribution in [3.8, 4) is 6.07 Å². The first kappa shape index (κ1) is 11.2. The predicted molar refractivity (Wildman–Crippen MR) is 74.3 cm³/mol. The molecule has 0 aliphatic carbocycles. The van der Waals surface area contributed by atoms with Gasteiger partial charge in [-0.3, -0.25) is 0 Å². The molecule has 0 N–H and O–H groups in total. The van der Waals surface area contributed by atoms with Crippen molar-refractivity contribution in [2.75, 3.05) is 0 Å². The second-order valence-electron chi connectivity index (χ2n) is 3.87. The van der Waals surface area contributed by atoms with Crippen LogP contribution in [-0.4, -0.2) is 0 Å². The fraction of sp³-hybridized carbons (Fsp3) is 0. The molecular formula is C14H6ClNOS. The summed E-state index contributed by atoms with van der Waals surface area (Å²) >= 11 is 11.4. The SMILES string of the molecule is N#Cc1cc(Cl)cc2oc3ccccc3c(=S)c12. The molecule has 0 aliphatic rings. The van der Waals surface area contributed by atoms with Gasteiger partial charge in [-0.1, -0.05) is 36.0 Å². The van der Waals surface area contributed by atoms with E-state index in [1.165, 1.54) is 0 Å². The van der Waals surface area contributed by atoms with Crippen LogP contribution in [0, 0.1) is 15.8 Å². The van der Waals surface area contributed by atoms with Crippen LogP contribution in [0.3, 0.4) is 0 Å². The zero-order valence-electron chi connectivity index (χ0n) is 9.11. The summed E-state index contributed by atoms with van der Waals surface area (Å²) in [4.78, 5) is 0. The molecule has 86 valence electrons. The summed E-state index contributed by atoms with van der Waals surface area (Å²) in [6.07, 6.45) is 0. The van der Waals surface area contributed by atoms with Crippen LogP contribution >= 0.6 is 23.8 Å². The van der Waals surface area contributed by atoms with E-state index in [9.17, 15) is 0 Å². The molecule has 0 bridgehead atoms. The largest absolute Gasteiger partial charge is 0.456 e. The van der Waals surface area contributed by atoms with Gasteiger partial charge in [0, 0.05) is 16.5 Å². The molecule has 0 aliphatic heterocycles. The highest BCUT2D eigenvalue weighted by molar-refractivity contribution is 7.72. The summed E-state index contributed by atoms with van der Waals surface area (Å²) in [6, 6.07) is 12.9. The van der Waals surface area contributed by atoms with Crippen molar-refractivity contribution in [1.29, 1.82) is 5.26 Å². The number of hydrogen-bond donors (Lipinski definition) is 0. The highest BCUT2D eigenvalue weighted by Crippen LogP contribution is 2.30. The van der Waals surface area contributed by atoms with Crippen molar-refractivity contribution in [2.24, 2.45) is 0 Å². The lowest BCUT2D eigenvalue weighted by molar-refractivity contribution is 0.660. The Kier molecular flexibility index (Phi) is 2.55. The number of nitrogens with zero attached hydrogens (tertiary/aromatic N) is 1. The summed E-state index contributed by atoms with van der Waals surface area (Å²) in [5.74, 6) is 0. The van der Waals surface area contributed by atoms with Crippen molar-refractivity contribution >= 4 is 45.8 Å². The first-order valence-electron chi connectivity index (χ1n) is 5.26. The summed E-state index contributed by atoms with van der Waals surface area (Å²) in [5.41, 5.74) is 1.68. The van der Waals surface area contributed by atoms with E-state index in [1.54, 1.807) is 12.1 Å². The van der Waals surface area contributed by atoms with Gasteiger partial charge in [-0.2, -0.15) is 5.26 Å². The third kappa shape index (κ3) is 1.59. The number of hydrogen-bond acceptors (Lipinski definition) is 3. The van der Waals surface area contributed by atoms with Gasteiger partial charge in [-0.05, 0) is 18.2 Å². The van der Waals surface area contributed by atoms with E-state index in [4.69, 9.17) is 33.5 Å². The maximum absolute atomic E-state index is 9.16. The Hall–Kier alpha value is -1.89. The van der Waals surface area contributed by atoms with E-state index in [1.807, 2.05) is 24.3 Å². The van der Waals surface area contributed by atoms with Gasteiger partial charge >= 0.3 is 0 Å². The number of para-hydroxylation sites is 1. The molecule has 2 aromatic carbocycles. The van der Waals surface area contributed by atoms with E-state index < -0.39 is 0 Å². The van der Waals surface area contributed by atoms with Gasteiger partial charge in [0.15, 0.2) is 0 Å². The Morgan fingerprint density at radius 1 is 1.17 bits per heavy atom. The average molecular weight is 272 g/mol. The molecule has 0 saturated carbocycles. The zero-order chi connectivity index (χ0) is 12.7. The summed E-state index contributed by atoms with van der Waals surface area (Å²) < 4.78 is 6.37. The van der Waals surface area contributed by atoms with E-state index in [0.29, 0.717) is 31.6 Å². The Morgan fingerprint density at radius 3 is 2.72 bits per heavy atom. The predicted octanol–water partition coefficient (Wildman–Crippen LogP) is 4.84. The Labute approximate surface area is 113 Å². The van der Waals surface area contributed by atoms with Crippen molar-refractivity contribution in [1.82, 2.24) is 0 Å². The van der Waals surface area contributed by atoms with Crippen LogP contribution in [0.1, 0.15) is 5.56 Å². The molecule has 1 heterocycles. The van der Waals surface area contributed by atoms with E-state index in [0.717, 1.165) is 5.39 Å². The Morgan fingerprint density at radius 2 is 1.94 bits per heavy atom. The molecule has 1 aromatic heterocycles. The van der Waals surface area contributed by atoms with Gasteiger partial charge in [-0.25, -0.2) is 0 Å². The third-order valence-corrected chi connectivity index (χ3v) is 3.41. The minimum atomic E-state index is 0.442. The third-order valence-electron chi connectivity index (χ3n) is 2.77.